The molecule has 0 radical (unpaired) electrons. The van der Waals surface area contributed by atoms with Crippen LogP contribution in [0, 0.1) is 0 Å². The molecule has 1 aromatic rings. The number of hydrogen-bond donors (Lipinski definition) is 1. The molecule has 72 valence electrons. The molecule has 0 aliphatic rings. The number of halogens is 1. The second-order valence-electron chi connectivity index (χ2n) is 2.61. The lowest BCUT2D eigenvalue weighted by Gasteiger charge is -1.91. The van der Waals surface area contributed by atoms with Gasteiger partial charge in [0.25, 0.3) is 0 Å². The second kappa shape index (κ2) is 5.25. The molecule has 2 nitrogen and oxygen atoms in total. The fourth-order valence-electron chi connectivity index (χ4n) is 0.878. The maximum absolute atomic E-state index is 10.1. The zero-order valence-electron chi connectivity index (χ0n) is 7.35. The van der Waals surface area contributed by atoms with E-state index in [9.17, 15) is 4.79 Å². The number of allylic oxidation sites excluding steroid dienone is 2. The van der Waals surface area contributed by atoms with E-state index in [0.717, 1.165) is 11.6 Å². The van der Waals surface area contributed by atoms with Crippen LogP contribution in [0.15, 0.2) is 42.5 Å². The Hall–Kier alpha value is -1.54. The van der Waals surface area contributed by atoms with Gasteiger partial charge in [0, 0.05) is 11.1 Å². The van der Waals surface area contributed by atoms with Crippen molar-refractivity contribution in [3.05, 3.63) is 53.1 Å². The Balaban J connectivity index is 2.60. The molecule has 0 aliphatic heterocycles. The van der Waals surface area contributed by atoms with Gasteiger partial charge in [0.05, 0.1) is 0 Å². The van der Waals surface area contributed by atoms with Gasteiger partial charge in [-0.2, -0.15) is 0 Å². The predicted molar refractivity (Wildman–Crippen MR) is 57.3 cm³/mol. The molecule has 0 atom stereocenters. The van der Waals surface area contributed by atoms with E-state index in [0.29, 0.717) is 5.02 Å². The molecule has 14 heavy (non-hydrogen) atoms. The van der Waals surface area contributed by atoms with Crippen molar-refractivity contribution in [3.8, 4) is 0 Å². The maximum atomic E-state index is 10.1. The van der Waals surface area contributed by atoms with Gasteiger partial charge in [0.1, 0.15) is 0 Å². The van der Waals surface area contributed by atoms with Crippen molar-refractivity contribution in [1.82, 2.24) is 0 Å². The summed E-state index contributed by atoms with van der Waals surface area (Å²) in [5, 5.41) is 8.99. The van der Waals surface area contributed by atoms with E-state index >= 15 is 0 Å². The molecule has 0 unspecified atom stereocenters. The summed E-state index contributed by atoms with van der Waals surface area (Å²) in [5.41, 5.74) is 0.976. The van der Waals surface area contributed by atoms with Gasteiger partial charge in [0.2, 0.25) is 0 Å². The van der Waals surface area contributed by atoms with Crippen LogP contribution in [-0.2, 0) is 4.79 Å². The van der Waals surface area contributed by atoms with Gasteiger partial charge in [-0.3, -0.25) is 0 Å². The summed E-state index contributed by atoms with van der Waals surface area (Å²) < 4.78 is 0. The lowest BCUT2D eigenvalue weighted by molar-refractivity contribution is -0.131. The van der Waals surface area contributed by atoms with Gasteiger partial charge in [-0.15, -0.1) is 0 Å². The smallest absolute Gasteiger partial charge is 0.328 e. The average Bonchev–Trinajstić information content (AvgIpc) is 2.15. The first-order valence-electron chi connectivity index (χ1n) is 4.02. The molecule has 3 heteroatoms. The predicted octanol–water partition coefficient (Wildman–Crippen LogP) is 2.99. The third-order valence-electron chi connectivity index (χ3n) is 1.51. The van der Waals surface area contributed by atoms with Gasteiger partial charge in [-0.05, 0) is 17.7 Å². The van der Waals surface area contributed by atoms with Crippen LogP contribution in [-0.4, -0.2) is 11.1 Å². The lowest BCUT2D eigenvalue weighted by Crippen LogP contribution is -1.84. The Labute approximate surface area is 87.1 Å². The van der Waals surface area contributed by atoms with Crippen LogP contribution >= 0.6 is 11.6 Å². The third-order valence-corrected chi connectivity index (χ3v) is 1.76. The summed E-state index contributed by atoms with van der Waals surface area (Å²) in [6.45, 7) is 0. The molecular weight excluding hydrogens is 200 g/mol. The standard InChI is InChI=1S/C11H9ClO2/c12-10-7-5-9(6-8-10)3-1-2-4-11(13)14/h1-8H,(H,13,14)/b3-1-,4-2-. The van der Waals surface area contributed by atoms with Crippen molar-refractivity contribution in [1.29, 1.82) is 0 Å². The number of aliphatic carboxylic acids is 1. The Bertz CT molecular complexity index is 363. The van der Waals surface area contributed by atoms with Gasteiger partial charge < -0.3 is 5.11 Å². The van der Waals surface area contributed by atoms with Gasteiger partial charge in [0.15, 0.2) is 0 Å². The highest BCUT2D eigenvalue weighted by molar-refractivity contribution is 6.30. The minimum absolute atomic E-state index is 0.684. The topological polar surface area (TPSA) is 37.3 Å². The molecule has 0 spiro atoms. The SMILES string of the molecule is O=C(O)/C=C\C=C/c1ccc(Cl)cc1. The Morgan fingerprint density at radius 3 is 2.43 bits per heavy atom. The summed E-state index contributed by atoms with van der Waals surface area (Å²) in [6, 6.07) is 7.27. The Morgan fingerprint density at radius 2 is 1.86 bits per heavy atom. The molecule has 1 aromatic carbocycles. The van der Waals surface area contributed by atoms with E-state index < -0.39 is 5.97 Å². The quantitative estimate of drug-likeness (QED) is 0.613. The molecule has 0 saturated carbocycles. The van der Waals surface area contributed by atoms with Crippen LogP contribution in [0.5, 0.6) is 0 Å². The molecule has 1 N–H and O–H groups in total. The van der Waals surface area contributed by atoms with Crippen LogP contribution in [0.2, 0.25) is 5.02 Å². The van der Waals surface area contributed by atoms with Crippen LogP contribution in [0.1, 0.15) is 5.56 Å². The summed E-state index contributed by atoms with van der Waals surface area (Å²) in [4.78, 5) is 10.1. The Morgan fingerprint density at radius 1 is 1.21 bits per heavy atom. The van der Waals surface area contributed by atoms with Crippen LogP contribution in [0.25, 0.3) is 6.08 Å². The molecule has 0 heterocycles. The zero-order chi connectivity index (χ0) is 10.4. The molecular formula is C11H9ClO2. The number of hydrogen-bond acceptors (Lipinski definition) is 1. The van der Waals surface area contributed by atoms with E-state index in [1.807, 2.05) is 12.1 Å². The molecule has 0 fully saturated rings. The van der Waals surface area contributed by atoms with Gasteiger partial charge >= 0.3 is 5.97 Å². The van der Waals surface area contributed by atoms with E-state index in [4.69, 9.17) is 16.7 Å². The van der Waals surface area contributed by atoms with Crippen molar-refractivity contribution in [2.45, 2.75) is 0 Å². The van der Waals surface area contributed by atoms with Crippen LogP contribution in [0.3, 0.4) is 0 Å². The second-order valence-corrected chi connectivity index (χ2v) is 3.04. The minimum atomic E-state index is -0.953. The van der Waals surface area contributed by atoms with Gasteiger partial charge in [-0.1, -0.05) is 42.0 Å². The number of benzene rings is 1. The number of carboxylic acids is 1. The fraction of sp³-hybridized carbons (Fsp3) is 0. The Kier molecular flexibility index (Phi) is 3.95. The third kappa shape index (κ3) is 3.92. The number of carbonyl (C=O) groups is 1. The molecule has 0 aromatic heterocycles. The largest absolute Gasteiger partial charge is 0.478 e. The summed E-state index contributed by atoms with van der Waals surface area (Å²) >= 11 is 5.70. The van der Waals surface area contributed by atoms with E-state index in [1.165, 1.54) is 6.08 Å². The van der Waals surface area contributed by atoms with Crippen molar-refractivity contribution >= 4 is 23.6 Å². The number of carboxylic acid groups (broad SMARTS) is 1. The van der Waals surface area contributed by atoms with Crippen LogP contribution < -0.4 is 0 Å². The molecule has 0 bridgehead atoms. The minimum Gasteiger partial charge on any atom is -0.478 e. The monoisotopic (exact) mass is 208 g/mol. The fourth-order valence-corrected chi connectivity index (χ4v) is 1.00. The maximum Gasteiger partial charge on any atom is 0.328 e. The van der Waals surface area contributed by atoms with Crippen molar-refractivity contribution in [2.75, 3.05) is 0 Å². The number of rotatable bonds is 3. The summed E-state index contributed by atoms with van der Waals surface area (Å²) in [5.74, 6) is -0.953. The normalized spacial score (nSPS) is 11.2. The molecule has 1 rings (SSSR count). The summed E-state index contributed by atoms with van der Waals surface area (Å²) in [7, 11) is 0. The highest BCUT2D eigenvalue weighted by Gasteiger charge is 1.86. The van der Waals surface area contributed by atoms with E-state index in [2.05, 4.69) is 0 Å². The first-order chi connectivity index (χ1) is 6.68. The first kappa shape index (κ1) is 10.5. The highest BCUT2D eigenvalue weighted by atomic mass is 35.5. The lowest BCUT2D eigenvalue weighted by atomic mass is 10.2. The highest BCUT2D eigenvalue weighted by Crippen LogP contribution is 2.10. The van der Waals surface area contributed by atoms with Crippen molar-refractivity contribution in [3.63, 3.8) is 0 Å². The summed E-state index contributed by atoms with van der Waals surface area (Å²) in [6.07, 6.45) is 6.01. The van der Waals surface area contributed by atoms with Gasteiger partial charge in [-0.25, -0.2) is 4.79 Å². The first-order valence-corrected chi connectivity index (χ1v) is 4.39. The van der Waals surface area contributed by atoms with Crippen molar-refractivity contribution < 1.29 is 9.90 Å². The van der Waals surface area contributed by atoms with E-state index in [1.54, 1.807) is 24.3 Å². The van der Waals surface area contributed by atoms with Crippen LogP contribution in [0.4, 0.5) is 0 Å². The van der Waals surface area contributed by atoms with Crippen molar-refractivity contribution in [2.24, 2.45) is 0 Å². The average molecular weight is 209 g/mol. The molecule has 0 saturated heterocycles. The molecule has 0 amide bonds. The molecule has 0 aliphatic carbocycles. The van der Waals surface area contributed by atoms with E-state index in [-0.39, 0.29) is 0 Å². The zero-order valence-corrected chi connectivity index (χ0v) is 8.11.